The van der Waals surface area contributed by atoms with Gasteiger partial charge in [-0.05, 0) is 18.8 Å². The minimum Gasteiger partial charge on any atom is -0.460 e. The Bertz CT molecular complexity index is 1090. The van der Waals surface area contributed by atoms with Gasteiger partial charge in [-0.25, -0.2) is 9.78 Å². The molecule has 1 aromatic rings. The van der Waals surface area contributed by atoms with Crippen LogP contribution in [0.2, 0.25) is 0 Å². The van der Waals surface area contributed by atoms with E-state index in [1.165, 1.54) is 17.2 Å². The summed E-state index contributed by atoms with van der Waals surface area (Å²) in [5, 5.41) is 13.3. The van der Waals surface area contributed by atoms with Crippen LogP contribution in [0.15, 0.2) is 46.6 Å². The first-order valence-corrected chi connectivity index (χ1v) is 13.0. The van der Waals surface area contributed by atoms with Crippen molar-refractivity contribution in [3.63, 3.8) is 0 Å². The average molecular weight is 528 g/mol. The van der Waals surface area contributed by atoms with Gasteiger partial charge in [0.2, 0.25) is 5.89 Å². The number of Topliss-reactive ketones (excluding diaryl/α,β-unsaturated/α-hetero) is 1. The van der Waals surface area contributed by atoms with E-state index in [0.29, 0.717) is 38.0 Å². The van der Waals surface area contributed by atoms with Crippen LogP contribution >= 0.6 is 0 Å². The molecule has 206 valence electrons. The Morgan fingerprint density at radius 1 is 1.24 bits per heavy atom. The van der Waals surface area contributed by atoms with Crippen LogP contribution in [0.5, 0.6) is 0 Å². The zero-order chi connectivity index (χ0) is 27.7. The van der Waals surface area contributed by atoms with Crippen molar-refractivity contribution in [2.75, 3.05) is 19.6 Å². The SMILES string of the molecule is CC(C)[C@H]1OC(=O)[C@H]2CCCN2C(=O)c2coc(n2)CC(=O)C[C@H](O)/C=C/C=C/CNC/C(C=O)=C/[C@H]1C. The standard InChI is InChI=1S/C28H37N3O7/c1-18(2)26-19(3)12-20(16-32)15-29-10-6-4-5-8-21(33)13-22(34)14-25-30-23(17-37-25)27(35)31-11-7-9-24(31)28(36)38-26/h4-6,8,12,16-19,21,24,26,29,33H,7,9-11,13-15H2,1-3H3/b6-4+,8-5+,20-12-/t19-,21-,24-,26-/m1/s1. The highest BCUT2D eigenvalue weighted by Gasteiger charge is 2.38. The summed E-state index contributed by atoms with van der Waals surface area (Å²) in [6.45, 7) is 6.98. The normalized spacial score (nSPS) is 29.8. The summed E-state index contributed by atoms with van der Waals surface area (Å²) in [5.41, 5.74) is 0.547. The highest BCUT2D eigenvalue weighted by molar-refractivity contribution is 5.95. The van der Waals surface area contributed by atoms with Crippen molar-refractivity contribution in [2.45, 2.75) is 64.7 Å². The number of ketones is 1. The predicted octanol–water partition coefficient (Wildman–Crippen LogP) is 2.19. The fraction of sp³-hybridized carbons (Fsp3) is 0.536. The highest BCUT2D eigenvalue weighted by Crippen LogP contribution is 2.25. The van der Waals surface area contributed by atoms with Gasteiger partial charge in [-0.1, -0.05) is 51.2 Å². The van der Waals surface area contributed by atoms with Crippen LogP contribution in [0.4, 0.5) is 0 Å². The molecule has 1 aromatic heterocycles. The number of aliphatic hydroxyl groups excluding tert-OH is 1. The van der Waals surface area contributed by atoms with Gasteiger partial charge in [0.15, 0.2) is 5.69 Å². The summed E-state index contributed by atoms with van der Waals surface area (Å²) in [5.74, 6) is -1.44. The molecule has 0 aromatic carbocycles. The second-order valence-electron chi connectivity index (χ2n) is 10.1. The van der Waals surface area contributed by atoms with E-state index in [-0.39, 0.29) is 42.0 Å². The van der Waals surface area contributed by atoms with Crippen LogP contribution in [-0.2, 0) is 25.5 Å². The molecule has 2 aliphatic rings. The molecule has 0 unspecified atom stereocenters. The van der Waals surface area contributed by atoms with E-state index in [1.54, 1.807) is 18.2 Å². The number of amides is 1. The minimum absolute atomic E-state index is 0.0105. The molecule has 0 spiro atoms. The number of carbonyl (C=O) groups is 4. The third-order valence-electron chi connectivity index (χ3n) is 6.57. The van der Waals surface area contributed by atoms with Gasteiger partial charge >= 0.3 is 5.97 Å². The maximum absolute atomic E-state index is 13.2. The Morgan fingerprint density at radius 3 is 2.76 bits per heavy atom. The molecule has 0 aliphatic carbocycles. The number of nitrogens with zero attached hydrogens (tertiary/aromatic N) is 2. The molecule has 4 atom stereocenters. The minimum atomic E-state index is -0.978. The number of rotatable bonds is 2. The van der Waals surface area contributed by atoms with E-state index in [1.807, 2.05) is 26.8 Å². The summed E-state index contributed by atoms with van der Waals surface area (Å²) < 4.78 is 11.3. The monoisotopic (exact) mass is 527 g/mol. The molecule has 2 aliphatic heterocycles. The van der Waals surface area contributed by atoms with Crippen LogP contribution in [-0.4, -0.2) is 76.8 Å². The molecule has 0 radical (unpaired) electrons. The lowest BCUT2D eigenvalue weighted by molar-refractivity contribution is -0.158. The zero-order valence-corrected chi connectivity index (χ0v) is 22.2. The van der Waals surface area contributed by atoms with Crippen molar-refractivity contribution in [1.29, 1.82) is 0 Å². The van der Waals surface area contributed by atoms with Crippen molar-refractivity contribution in [2.24, 2.45) is 11.8 Å². The second-order valence-corrected chi connectivity index (χ2v) is 10.1. The number of allylic oxidation sites excluding steroid dienone is 2. The second kappa shape index (κ2) is 14.0. The Balaban J connectivity index is 1.85. The highest BCUT2D eigenvalue weighted by atomic mass is 16.5. The summed E-state index contributed by atoms with van der Waals surface area (Å²) in [7, 11) is 0. The van der Waals surface area contributed by atoms with Gasteiger partial charge in [0.25, 0.3) is 5.91 Å². The molecule has 1 fully saturated rings. The van der Waals surface area contributed by atoms with Crippen molar-refractivity contribution in [3.8, 4) is 0 Å². The molecule has 1 saturated heterocycles. The lowest BCUT2D eigenvalue weighted by atomic mass is 9.92. The van der Waals surface area contributed by atoms with Gasteiger partial charge in [0.05, 0.1) is 12.5 Å². The van der Waals surface area contributed by atoms with Crippen LogP contribution in [0.1, 0.15) is 56.4 Å². The third-order valence-corrected chi connectivity index (χ3v) is 6.57. The van der Waals surface area contributed by atoms with E-state index >= 15 is 0 Å². The fourth-order valence-corrected chi connectivity index (χ4v) is 4.71. The first-order valence-electron chi connectivity index (χ1n) is 13.0. The summed E-state index contributed by atoms with van der Waals surface area (Å²) in [6, 6.07) is -0.760. The Labute approximate surface area is 222 Å². The summed E-state index contributed by atoms with van der Waals surface area (Å²) in [4.78, 5) is 56.0. The Hall–Kier alpha value is -3.37. The number of hydrogen-bond donors (Lipinski definition) is 2. The number of carbonyl (C=O) groups excluding carboxylic acids is 4. The number of cyclic esters (lactones) is 1. The van der Waals surface area contributed by atoms with Crippen molar-refractivity contribution < 1.29 is 33.4 Å². The van der Waals surface area contributed by atoms with Gasteiger partial charge in [-0.3, -0.25) is 14.4 Å². The lowest BCUT2D eigenvalue weighted by Crippen LogP contribution is -2.44. The van der Waals surface area contributed by atoms with Crippen LogP contribution in [0, 0.1) is 11.8 Å². The first kappa shape index (κ1) is 29.2. The number of fused-ring (bicyclic) bond motifs is 3. The quantitative estimate of drug-likeness (QED) is 0.438. The van der Waals surface area contributed by atoms with Crippen molar-refractivity contribution >= 4 is 23.9 Å². The molecule has 2 N–H and O–H groups in total. The number of hydrogen-bond acceptors (Lipinski definition) is 9. The summed E-state index contributed by atoms with van der Waals surface area (Å²) >= 11 is 0. The summed E-state index contributed by atoms with van der Waals surface area (Å²) in [6.07, 6.45) is 9.81. The number of ether oxygens (including phenoxy) is 1. The lowest BCUT2D eigenvalue weighted by Gasteiger charge is -2.29. The zero-order valence-electron chi connectivity index (χ0n) is 22.2. The van der Waals surface area contributed by atoms with Crippen LogP contribution in [0.3, 0.4) is 0 Å². The van der Waals surface area contributed by atoms with E-state index < -0.39 is 30.1 Å². The predicted molar refractivity (Wildman–Crippen MR) is 139 cm³/mol. The van der Waals surface area contributed by atoms with Gasteiger partial charge in [-0.15, -0.1) is 0 Å². The fourth-order valence-electron chi connectivity index (χ4n) is 4.71. The smallest absolute Gasteiger partial charge is 0.329 e. The molecular formula is C28H37N3O7. The molecular weight excluding hydrogens is 490 g/mol. The van der Waals surface area contributed by atoms with E-state index in [4.69, 9.17) is 9.15 Å². The van der Waals surface area contributed by atoms with E-state index in [2.05, 4.69) is 10.3 Å². The van der Waals surface area contributed by atoms with Gasteiger partial charge < -0.3 is 24.5 Å². The topological polar surface area (TPSA) is 139 Å². The van der Waals surface area contributed by atoms with Gasteiger partial charge in [0, 0.05) is 37.5 Å². The molecule has 10 nitrogen and oxygen atoms in total. The largest absolute Gasteiger partial charge is 0.460 e. The molecule has 2 bridgehead atoms. The van der Waals surface area contributed by atoms with Crippen LogP contribution in [0.25, 0.3) is 0 Å². The number of nitrogens with one attached hydrogen (secondary N) is 1. The maximum atomic E-state index is 13.2. The number of aliphatic hydroxyl groups is 1. The number of esters is 1. The Morgan fingerprint density at radius 2 is 2.03 bits per heavy atom. The van der Waals surface area contributed by atoms with E-state index in [9.17, 15) is 24.3 Å². The van der Waals surface area contributed by atoms with Crippen LogP contribution < -0.4 is 5.32 Å². The van der Waals surface area contributed by atoms with Gasteiger partial charge in [0.1, 0.15) is 30.5 Å². The van der Waals surface area contributed by atoms with Gasteiger partial charge in [-0.2, -0.15) is 0 Å². The Kier molecular flexibility index (Phi) is 10.7. The number of oxazole rings is 1. The third kappa shape index (κ3) is 8.06. The molecule has 3 heterocycles. The van der Waals surface area contributed by atoms with Crippen molar-refractivity contribution in [1.82, 2.24) is 15.2 Å². The maximum Gasteiger partial charge on any atom is 0.329 e. The average Bonchev–Trinajstić information content (AvgIpc) is 3.54. The van der Waals surface area contributed by atoms with Crippen molar-refractivity contribution in [3.05, 3.63) is 53.8 Å². The molecule has 10 heteroatoms. The molecule has 1 amide bonds. The first-order chi connectivity index (χ1) is 18.2. The number of aldehydes is 1. The number of aromatic nitrogens is 1. The van der Waals surface area contributed by atoms with E-state index in [0.717, 1.165) is 6.29 Å². The molecule has 3 rings (SSSR count). The molecule has 0 saturated carbocycles. The molecule has 38 heavy (non-hydrogen) atoms.